The lowest BCUT2D eigenvalue weighted by molar-refractivity contribution is -0.120. The summed E-state index contributed by atoms with van der Waals surface area (Å²) in [5.41, 5.74) is 10.5. The number of pyridine rings is 1. The summed E-state index contributed by atoms with van der Waals surface area (Å²) in [5, 5.41) is 6.40. The summed E-state index contributed by atoms with van der Waals surface area (Å²) in [5.74, 6) is -1.14. The van der Waals surface area contributed by atoms with Crippen molar-refractivity contribution in [1.29, 1.82) is 0 Å². The number of guanidine groups is 1. The van der Waals surface area contributed by atoms with Gasteiger partial charge in [-0.05, 0) is 41.4 Å². The Bertz CT molecular complexity index is 1210. The summed E-state index contributed by atoms with van der Waals surface area (Å²) < 4.78 is 26.9. The highest BCUT2D eigenvalue weighted by molar-refractivity contribution is 7.92. The molecule has 2 aromatic rings. The lowest BCUT2D eigenvalue weighted by Gasteiger charge is -2.22. The number of aromatic nitrogens is 1. The van der Waals surface area contributed by atoms with E-state index in [0.29, 0.717) is 11.3 Å². The monoisotopic (exact) mass is 518 g/mol. The molecule has 0 spiro atoms. The molecule has 11 nitrogen and oxygen atoms in total. The standard InChI is InChI=1S/C19H24Cl2N6O5S/c1-11-7-13(9-16(28)24-5-6-32-26-19(22)23)17(18(29)25-11)27(2)33(30,31)10-12-3-4-14(20)15(21)8-12/h3-4,7-8H,5-6,9-10H2,1-2H3,(H,24,28)(H,25,29)(H4,22,23,26). The van der Waals surface area contributed by atoms with Crippen LogP contribution in [0.15, 0.2) is 34.2 Å². The molecule has 0 saturated carbocycles. The van der Waals surface area contributed by atoms with E-state index in [9.17, 15) is 18.0 Å². The Balaban J connectivity index is 2.23. The smallest absolute Gasteiger partial charge is 0.272 e. The van der Waals surface area contributed by atoms with Crippen LogP contribution >= 0.6 is 23.2 Å². The largest absolute Gasteiger partial charge is 0.391 e. The zero-order valence-corrected chi connectivity index (χ0v) is 20.2. The van der Waals surface area contributed by atoms with Crippen molar-refractivity contribution < 1.29 is 18.0 Å². The predicted octanol–water partition coefficient (Wildman–Crippen LogP) is 0.820. The van der Waals surface area contributed by atoms with Gasteiger partial charge in [-0.25, -0.2) is 8.42 Å². The number of nitrogens with two attached hydrogens (primary N) is 2. The summed E-state index contributed by atoms with van der Waals surface area (Å²) in [6.45, 7) is 1.74. The first-order valence-corrected chi connectivity index (χ1v) is 11.9. The number of rotatable bonds is 10. The molecule has 6 N–H and O–H groups in total. The van der Waals surface area contributed by atoms with Gasteiger partial charge < -0.3 is 26.6 Å². The van der Waals surface area contributed by atoms with Crippen LogP contribution in [-0.2, 0) is 31.8 Å². The summed E-state index contributed by atoms with van der Waals surface area (Å²) in [6.07, 6.45) is -0.241. The SMILES string of the molecule is Cc1cc(CC(=O)NCCON=C(N)N)c(N(C)S(=O)(=O)Cc2ccc(Cl)c(Cl)c2)c(=O)[nH]1. The fourth-order valence-electron chi connectivity index (χ4n) is 2.90. The second-order valence-electron chi connectivity index (χ2n) is 7.00. The van der Waals surface area contributed by atoms with Crippen LogP contribution in [0, 0.1) is 6.92 Å². The van der Waals surface area contributed by atoms with Gasteiger partial charge in [-0.1, -0.05) is 29.3 Å². The van der Waals surface area contributed by atoms with Crippen LogP contribution in [0.1, 0.15) is 16.8 Å². The third kappa shape index (κ3) is 7.55. The molecular weight excluding hydrogens is 495 g/mol. The maximum atomic E-state index is 13.0. The van der Waals surface area contributed by atoms with Gasteiger partial charge in [0.05, 0.1) is 28.8 Å². The number of anilines is 1. The molecule has 0 bridgehead atoms. The van der Waals surface area contributed by atoms with Gasteiger partial charge in [-0.15, -0.1) is 0 Å². The maximum absolute atomic E-state index is 13.0. The second-order valence-corrected chi connectivity index (χ2v) is 9.82. The number of carbonyl (C=O) groups is 1. The van der Waals surface area contributed by atoms with Crippen molar-refractivity contribution in [3.63, 3.8) is 0 Å². The van der Waals surface area contributed by atoms with Gasteiger partial charge in [0, 0.05) is 12.7 Å². The molecule has 0 aliphatic carbocycles. The highest BCUT2D eigenvalue weighted by Gasteiger charge is 2.25. The average Bonchev–Trinajstić information content (AvgIpc) is 2.69. The minimum absolute atomic E-state index is 0.0167. The van der Waals surface area contributed by atoms with Gasteiger partial charge in [-0.3, -0.25) is 13.9 Å². The second kappa shape index (κ2) is 11.3. The fraction of sp³-hybridized carbons (Fsp3) is 0.316. The lowest BCUT2D eigenvalue weighted by Crippen LogP contribution is -2.35. The number of sulfonamides is 1. The van der Waals surface area contributed by atoms with Crippen LogP contribution in [0.25, 0.3) is 0 Å². The van der Waals surface area contributed by atoms with E-state index in [0.717, 1.165) is 4.31 Å². The number of aromatic amines is 1. The van der Waals surface area contributed by atoms with Crippen LogP contribution in [0.3, 0.4) is 0 Å². The Morgan fingerprint density at radius 3 is 2.58 bits per heavy atom. The zero-order chi connectivity index (χ0) is 24.8. The molecule has 14 heteroatoms. The van der Waals surface area contributed by atoms with Crippen LogP contribution in [0.2, 0.25) is 10.0 Å². The number of carbonyl (C=O) groups excluding carboxylic acids is 1. The van der Waals surface area contributed by atoms with Crippen molar-refractivity contribution in [3.8, 4) is 0 Å². The summed E-state index contributed by atoms with van der Waals surface area (Å²) >= 11 is 11.9. The first-order chi connectivity index (χ1) is 15.4. The molecule has 0 radical (unpaired) electrons. The number of H-pyrrole nitrogens is 1. The molecule has 1 aromatic heterocycles. The van der Waals surface area contributed by atoms with Crippen LogP contribution in [0.4, 0.5) is 5.69 Å². The molecule has 1 aromatic carbocycles. The number of hydrogen-bond donors (Lipinski definition) is 4. The number of benzene rings is 1. The molecule has 1 amide bonds. The van der Waals surface area contributed by atoms with E-state index in [4.69, 9.17) is 39.5 Å². The van der Waals surface area contributed by atoms with Gasteiger partial charge >= 0.3 is 0 Å². The summed E-state index contributed by atoms with van der Waals surface area (Å²) in [7, 11) is -2.75. The molecule has 2 rings (SSSR count). The van der Waals surface area contributed by atoms with Crippen molar-refractivity contribution in [3.05, 3.63) is 61.5 Å². The number of amides is 1. The minimum atomic E-state index is -4.00. The normalized spacial score (nSPS) is 11.0. The topological polar surface area (TPSA) is 173 Å². The van der Waals surface area contributed by atoms with E-state index in [-0.39, 0.29) is 46.8 Å². The number of nitrogens with one attached hydrogen (secondary N) is 2. The third-order valence-corrected chi connectivity index (χ3v) is 6.78. The van der Waals surface area contributed by atoms with Crippen molar-refractivity contribution in [2.75, 3.05) is 24.5 Å². The molecular formula is C19H24Cl2N6O5S. The summed E-state index contributed by atoms with van der Waals surface area (Å²) in [4.78, 5) is 32.4. The Morgan fingerprint density at radius 2 is 1.94 bits per heavy atom. The van der Waals surface area contributed by atoms with Crippen molar-refractivity contribution >= 4 is 50.8 Å². The molecule has 0 unspecified atom stereocenters. The number of halogens is 2. The fourth-order valence-corrected chi connectivity index (χ4v) is 4.49. The Hall–Kier alpha value is -2.96. The van der Waals surface area contributed by atoms with Crippen molar-refractivity contribution in [2.24, 2.45) is 16.6 Å². The van der Waals surface area contributed by atoms with Crippen molar-refractivity contribution in [1.82, 2.24) is 10.3 Å². The number of oxime groups is 1. The maximum Gasteiger partial charge on any atom is 0.272 e. The first kappa shape index (κ1) is 26.3. The zero-order valence-electron chi connectivity index (χ0n) is 17.9. The van der Waals surface area contributed by atoms with Crippen LogP contribution in [-0.4, -0.2) is 45.5 Å². The van der Waals surface area contributed by atoms with Gasteiger partial charge in [-0.2, -0.15) is 0 Å². The van der Waals surface area contributed by atoms with Crippen LogP contribution in [0.5, 0.6) is 0 Å². The first-order valence-electron chi connectivity index (χ1n) is 9.51. The molecule has 0 aliphatic rings. The lowest BCUT2D eigenvalue weighted by atomic mass is 10.1. The molecule has 0 atom stereocenters. The predicted molar refractivity (Wildman–Crippen MR) is 128 cm³/mol. The van der Waals surface area contributed by atoms with E-state index >= 15 is 0 Å². The highest BCUT2D eigenvalue weighted by atomic mass is 35.5. The van der Waals surface area contributed by atoms with E-state index in [1.165, 1.54) is 31.3 Å². The number of hydrogen-bond acceptors (Lipinski definition) is 6. The molecule has 180 valence electrons. The molecule has 1 heterocycles. The minimum Gasteiger partial charge on any atom is -0.391 e. The number of aryl methyl sites for hydroxylation is 1. The molecule has 0 aliphatic heterocycles. The Morgan fingerprint density at radius 1 is 1.24 bits per heavy atom. The highest BCUT2D eigenvalue weighted by Crippen LogP contribution is 2.25. The third-order valence-electron chi connectivity index (χ3n) is 4.32. The number of nitrogens with zero attached hydrogens (tertiary/aromatic N) is 2. The van der Waals surface area contributed by atoms with E-state index in [2.05, 4.69) is 15.5 Å². The van der Waals surface area contributed by atoms with E-state index in [1.807, 2.05) is 0 Å². The van der Waals surface area contributed by atoms with Crippen molar-refractivity contribution in [2.45, 2.75) is 19.1 Å². The molecule has 0 saturated heterocycles. The Kier molecular flexibility index (Phi) is 8.97. The quantitative estimate of drug-likeness (QED) is 0.156. The van der Waals surface area contributed by atoms with Gasteiger partial charge in [0.15, 0.2) is 0 Å². The molecule has 0 fully saturated rings. The average molecular weight is 519 g/mol. The van der Waals surface area contributed by atoms with Gasteiger partial charge in [0.1, 0.15) is 12.3 Å². The van der Waals surface area contributed by atoms with Crippen LogP contribution < -0.4 is 26.6 Å². The van der Waals surface area contributed by atoms with Gasteiger partial charge in [0.2, 0.25) is 21.9 Å². The van der Waals surface area contributed by atoms with Gasteiger partial charge in [0.25, 0.3) is 5.56 Å². The van der Waals surface area contributed by atoms with E-state index in [1.54, 1.807) is 6.92 Å². The Labute approximate surface area is 200 Å². The molecule has 33 heavy (non-hydrogen) atoms. The van der Waals surface area contributed by atoms with E-state index < -0.39 is 27.2 Å². The summed E-state index contributed by atoms with van der Waals surface area (Å²) in [6, 6.07) is 5.99.